The van der Waals surface area contributed by atoms with Gasteiger partial charge >= 0.3 is 0 Å². The molecule has 0 bridgehead atoms. The zero-order chi connectivity index (χ0) is 17.4. The van der Waals surface area contributed by atoms with Gasteiger partial charge in [-0.1, -0.05) is 11.6 Å². The van der Waals surface area contributed by atoms with Crippen molar-refractivity contribution in [2.75, 3.05) is 11.1 Å². The SMILES string of the molecule is Cc1ccc2c(N)c(C(=O)Nc3ccc(Cl)c([N+](=O)[O-])c3)sc2n1. The summed E-state index contributed by atoms with van der Waals surface area (Å²) in [5, 5.41) is 14.2. The average molecular weight is 363 g/mol. The number of hydrogen-bond acceptors (Lipinski definition) is 6. The number of hydrogen-bond donors (Lipinski definition) is 2. The summed E-state index contributed by atoms with van der Waals surface area (Å²) in [5.41, 5.74) is 7.17. The number of nitrogens with one attached hydrogen (secondary N) is 1. The molecule has 0 saturated heterocycles. The molecule has 0 aliphatic carbocycles. The van der Waals surface area contributed by atoms with Gasteiger partial charge in [-0.05, 0) is 31.2 Å². The fourth-order valence-electron chi connectivity index (χ4n) is 2.18. The van der Waals surface area contributed by atoms with Gasteiger partial charge in [0.15, 0.2) is 0 Å². The highest BCUT2D eigenvalue weighted by molar-refractivity contribution is 7.21. The fraction of sp³-hybridized carbons (Fsp3) is 0.0667. The van der Waals surface area contributed by atoms with E-state index in [0.717, 1.165) is 5.69 Å². The van der Waals surface area contributed by atoms with E-state index in [2.05, 4.69) is 10.3 Å². The molecule has 0 spiro atoms. The van der Waals surface area contributed by atoms with Gasteiger partial charge in [0.05, 0.1) is 10.6 Å². The van der Waals surface area contributed by atoms with E-state index in [4.69, 9.17) is 17.3 Å². The Kier molecular flexibility index (Phi) is 4.08. The van der Waals surface area contributed by atoms with Gasteiger partial charge in [-0.3, -0.25) is 14.9 Å². The number of nitrogens with two attached hydrogens (primary N) is 1. The number of nitrogen functional groups attached to an aromatic ring is 1. The minimum absolute atomic E-state index is 0.000879. The smallest absolute Gasteiger partial charge is 0.289 e. The number of carbonyl (C=O) groups is 1. The molecule has 2 aromatic heterocycles. The lowest BCUT2D eigenvalue weighted by Gasteiger charge is -2.05. The summed E-state index contributed by atoms with van der Waals surface area (Å²) in [5.74, 6) is -0.454. The second-order valence-electron chi connectivity index (χ2n) is 5.03. The van der Waals surface area contributed by atoms with Crippen molar-refractivity contribution in [1.29, 1.82) is 0 Å². The van der Waals surface area contributed by atoms with Crippen LogP contribution in [-0.4, -0.2) is 15.8 Å². The third-order valence-electron chi connectivity index (χ3n) is 3.34. The van der Waals surface area contributed by atoms with Crippen LogP contribution in [-0.2, 0) is 0 Å². The zero-order valence-corrected chi connectivity index (χ0v) is 13.9. The van der Waals surface area contributed by atoms with Crippen LogP contribution in [0.4, 0.5) is 17.1 Å². The first kappa shape index (κ1) is 16.2. The molecule has 7 nitrogen and oxygen atoms in total. The molecule has 0 aliphatic heterocycles. The lowest BCUT2D eigenvalue weighted by molar-refractivity contribution is -0.384. The number of carbonyl (C=O) groups excluding carboxylic acids is 1. The molecule has 0 fully saturated rings. The van der Waals surface area contributed by atoms with Crippen LogP contribution in [0.25, 0.3) is 10.2 Å². The number of nitro groups is 1. The molecule has 1 aromatic carbocycles. The van der Waals surface area contributed by atoms with Gasteiger partial charge in [-0.25, -0.2) is 4.98 Å². The van der Waals surface area contributed by atoms with Crippen molar-refractivity contribution in [2.45, 2.75) is 6.92 Å². The number of fused-ring (bicyclic) bond motifs is 1. The maximum absolute atomic E-state index is 12.4. The van der Waals surface area contributed by atoms with E-state index in [9.17, 15) is 14.9 Å². The molecule has 0 radical (unpaired) electrons. The lowest BCUT2D eigenvalue weighted by atomic mass is 10.2. The van der Waals surface area contributed by atoms with Crippen LogP contribution in [0.1, 0.15) is 15.4 Å². The molecule has 122 valence electrons. The maximum atomic E-state index is 12.4. The molecule has 0 atom stereocenters. The Morgan fingerprint density at radius 1 is 1.38 bits per heavy atom. The Morgan fingerprint density at radius 2 is 2.12 bits per heavy atom. The van der Waals surface area contributed by atoms with E-state index in [1.54, 1.807) is 0 Å². The van der Waals surface area contributed by atoms with E-state index in [1.165, 1.54) is 29.5 Å². The van der Waals surface area contributed by atoms with Crippen molar-refractivity contribution in [3.05, 3.63) is 56.0 Å². The van der Waals surface area contributed by atoms with Crippen LogP contribution in [0, 0.1) is 17.0 Å². The predicted molar refractivity (Wildman–Crippen MR) is 94.8 cm³/mol. The first-order chi connectivity index (χ1) is 11.4. The molecular formula is C15H11ClN4O3S. The number of amides is 1. The van der Waals surface area contributed by atoms with E-state index in [0.29, 0.717) is 20.8 Å². The normalized spacial score (nSPS) is 10.8. The molecular weight excluding hydrogens is 352 g/mol. The number of benzene rings is 1. The summed E-state index contributed by atoms with van der Waals surface area (Å²) in [6.45, 7) is 1.85. The Bertz CT molecular complexity index is 986. The Hall–Kier alpha value is -2.71. The summed E-state index contributed by atoms with van der Waals surface area (Å²) >= 11 is 6.93. The minimum atomic E-state index is -0.613. The molecule has 2 heterocycles. The largest absolute Gasteiger partial charge is 0.397 e. The Labute approximate surface area is 145 Å². The van der Waals surface area contributed by atoms with Gasteiger partial charge in [-0.15, -0.1) is 11.3 Å². The molecule has 9 heteroatoms. The maximum Gasteiger partial charge on any atom is 0.289 e. The zero-order valence-electron chi connectivity index (χ0n) is 12.4. The summed E-state index contributed by atoms with van der Waals surface area (Å²) < 4.78 is 0. The number of nitrogens with zero attached hydrogens (tertiary/aromatic N) is 2. The number of aromatic nitrogens is 1. The number of pyridine rings is 1. The molecule has 0 saturated carbocycles. The number of anilines is 2. The van der Waals surface area contributed by atoms with Crippen LogP contribution >= 0.6 is 22.9 Å². The van der Waals surface area contributed by atoms with Crippen molar-refractivity contribution in [3.63, 3.8) is 0 Å². The van der Waals surface area contributed by atoms with Crippen LogP contribution in [0.3, 0.4) is 0 Å². The van der Waals surface area contributed by atoms with E-state index in [-0.39, 0.29) is 16.4 Å². The number of thiophene rings is 1. The predicted octanol–water partition coefficient (Wildman–Crippen LogP) is 4.00. The monoisotopic (exact) mass is 362 g/mol. The highest BCUT2D eigenvalue weighted by Crippen LogP contribution is 2.33. The molecule has 3 rings (SSSR count). The van der Waals surface area contributed by atoms with Crippen molar-refractivity contribution in [3.8, 4) is 0 Å². The molecule has 0 aliphatic rings. The summed E-state index contributed by atoms with van der Waals surface area (Å²) in [6.07, 6.45) is 0. The Morgan fingerprint density at radius 3 is 2.83 bits per heavy atom. The highest BCUT2D eigenvalue weighted by atomic mass is 35.5. The lowest BCUT2D eigenvalue weighted by Crippen LogP contribution is -2.12. The van der Waals surface area contributed by atoms with Crippen LogP contribution in [0.2, 0.25) is 5.02 Å². The van der Waals surface area contributed by atoms with Crippen molar-refractivity contribution >= 4 is 56.1 Å². The standard InChI is InChI=1S/C15H11ClN4O3S/c1-7-2-4-9-12(17)13(24-15(9)18-7)14(21)19-8-3-5-10(16)11(6-8)20(22)23/h2-6H,17H2,1H3,(H,19,21). The van der Waals surface area contributed by atoms with Crippen LogP contribution < -0.4 is 11.1 Å². The molecule has 1 amide bonds. The second-order valence-corrected chi connectivity index (χ2v) is 6.43. The number of rotatable bonds is 3. The van der Waals surface area contributed by atoms with Gasteiger partial charge in [0.25, 0.3) is 11.6 Å². The second kappa shape index (κ2) is 6.06. The number of halogens is 1. The summed E-state index contributed by atoms with van der Waals surface area (Å²) in [4.78, 5) is 28.1. The van der Waals surface area contributed by atoms with Gasteiger partial charge in [0.1, 0.15) is 14.7 Å². The quantitative estimate of drug-likeness (QED) is 0.540. The first-order valence-corrected chi connectivity index (χ1v) is 7.97. The summed E-state index contributed by atoms with van der Waals surface area (Å²) in [7, 11) is 0. The van der Waals surface area contributed by atoms with Gasteiger partial charge in [-0.2, -0.15) is 0 Å². The minimum Gasteiger partial charge on any atom is -0.397 e. The highest BCUT2D eigenvalue weighted by Gasteiger charge is 2.19. The fourth-order valence-corrected chi connectivity index (χ4v) is 3.40. The van der Waals surface area contributed by atoms with Crippen molar-refractivity contribution < 1.29 is 9.72 Å². The van der Waals surface area contributed by atoms with Gasteiger partial charge < -0.3 is 11.1 Å². The van der Waals surface area contributed by atoms with Crippen molar-refractivity contribution in [2.24, 2.45) is 0 Å². The first-order valence-electron chi connectivity index (χ1n) is 6.77. The van der Waals surface area contributed by atoms with Crippen LogP contribution in [0.15, 0.2) is 30.3 Å². The third kappa shape index (κ3) is 2.89. The van der Waals surface area contributed by atoms with E-state index >= 15 is 0 Å². The molecule has 0 unspecified atom stereocenters. The third-order valence-corrected chi connectivity index (χ3v) is 4.77. The molecule has 3 N–H and O–H groups in total. The Balaban J connectivity index is 1.94. The van der Waals surface area contributed by atoms with Crippen molar-refractivity contribution in [1.82, 2.24) is 4.98 Å². The summed E-state index contributed by atoms with van der Waals surface area (Å²) in [6, 6.07) is 7.67. The topological polar surface area (TPSA) is 111 Å². The van der Waals surface area contributed by atoms with E-state index in [1.807, 2.05) is 19.1 Å². The molecule has 3 aromatic rings. The van der Waals surface area contributed by atoms with E-state index < -0.39 is 10.8 Å². The number of aryl methyl sites for hydroxylation is 1. The van der Waals surface area contributed by atoms with Gasteiger partial charge in [0.2, 0.25) is 0 Å². The number of nitro benzene ring substituents is 1. The van der Waals surface area contributed by atoms with Crippen LogP contribution in [0.5, 0.6) is 0 Å². The van der Waals surface area contributed by atoms with Gasteiger partial charge in [0, 0.05) is 22.8 Å². The average Bonchev–Trinajstić information content (AvgIpc) is 2.85. The molecule has 24 heavy (non-hydrogen) atoms.